The number of fused-ring (bicyclic) bond motifs is 1. The first-order valence-electron chi connectivity index (χ1n) is 11.9. The molecule has 4 aliphatic rings. The number of aromatic nitrogens is 1. The third kappa shape index (κ3) is 3.54. The number of carbonyl (C=O) groups excluding carboxylic acids is 3. The van der Waals surface area contributed by atoms with Gasteiger partial charge in [0, 0.05) is 24.7 Å². The zero-order valence-electron chi connectivity index (χ0n) is 19.2. The first-order chi connectivity index (χ1) is 16.4. The van der Waals surface area contributed by atoms with E-state index < -0.39 is 23.8 Å². The summed E-state index contributed by atoms with van der Waals surface area (Å²) in [6, 6.07) is 3.68. The van der Waals surface area contributed by atoms with Gasteiger partial charge in [-0.15, -0.1) is 0 Å². The highest BCUT2D eigenvalue weighted by atomic mass is 16.6. The standard InChI is InChI=1S/C24H29N5O5/c1-33-16-9-14(11-27-12-16)17-13-28(24(7-8-24)18(17)10-25)21(30)19-6-5-15-3-2-4-20(34-23(26)32)22(31)29(15)19/h9,11-12,15,17-20H,2-8,13H2,1H3,(H2,26,32)/t15-,17+,18+,19-,20-/m0/s1. The normalized spacial score (nSPS) is 31.5. The number of hydrogen-bond donors (Lipinski definition) is 1. The summed E-state index contributed by atoms with van der Waals surface area (Å²) in [4.78, 5) is 46.3. The van der Waals surface area contributed by atoms with Crippen LogP contribution in [0.4, 0.5) is 4.79 Å². The van der Waals surface area contributed by atoms with Gasteiger partial charge in [-0.1, -0.05) is 0 Å². The third-order valence-corrected chi connectivity index (χ3v) is 8.04. The second-order valence-corrected chi connectivity index (χ2v) is 9.77. The van der Waals surface area contributed by atoms with Crippen molar-refractivity contribution in [2.24, 2.45) is 11.7 Å². The molecule has 0 unspecified atom stereocenters. The van der Waals surface area contributed by atoms with Gasteiger partial charge in [-0.25, -0.2) is 4.79 Å². The van der Waals surface area contributed by atoms with Crippen LogP contribution in [0.15, 0.2) is 18.5 Å². The number of primary amides is 1. The number of nitrogens with two attached hydrogens (primary N) is 1. The van der Waals surface area contributed by atoms with Crippen LogP contribution in [0.1, 0.15) is 56.4 Å². The van der Waals surface area contributed by atoms with Crippen LogP contribution in [0, 0.1) is 17.2 Å². The molecule has 0 bridgehead atoms. The van der Waals surface area contributed by atoms with E-state index in [1.165, 1.54) is 0 Å². The molecule has 3 aliphatic heterocycles. The SMILES string of the molecule is COc1cncc([C@H]2CN(C(=O)[C@@H]3CC[C@@H]4CCC[C@H](OC(N)=O)C(=O)N43)C3(CC3)[C@@H]2C#N)c1. The minimum absolute atomic E-state index is 0.0502. The van der Waals surface area contributed by atoms with E-state index >= 15 is 0 Å². The van der Waals surface area contributed by atoms with E-state index in [9.17, 15) is 19.6 Å². The van der Waals surface area contributed by atoms with Crippen molar-refractivity contribution in [1.82, 2.24) is 14.8 Å². The molecule has 1 aliphatic carbocycles. The summed E-state index contributed by atoms with van der Waals surface area (Å²) in [5, 5.41) is 10.1. The Morgan fingerprint density at radius 1 is 1.24 bits per heavy atom. The van der Waals surface area contributed by atoms with E-state index in [-0.39, 0.29) is 29.7 Å². The fourth-order valence-corrected chi connectivity index (χ4v) is 6.30. The molecule has 0 aromatic carbocycles. The molecule has 3 amide bonds. The molecule has 5 atom stereocenters. The molecule has 2 N–H and O–H groups in total. The first kappa shape index (κ1) is 22.4. The average molecular weight is 468 g/mol. The van der Waals surface area contributed by atoms with E-state index in [0.717, 1.165) is 37.7 Å². The summed E-state index contributed by atoms with van der Waals surface area (Å²) in [5.41, 5.74) is 5.55. The molecule has 180 valence electrons. The van der Waals surface area contributed by atoms with Crippen molar-refractivity contribution in [3.05, 3.63) is 24.0 Å². The van der Waals surface area contributed by atoms with Crippen molar-refractivity contribution in [2.45, 2.75) is 74.6 Å². The van der Waals surface area contributed by atoms with Gasteiger partial charge in [0.15, 0.2) is 6.10 Å². The Bertz CT molecular complexity index is 1050. The fourth-order valence-electron chi connectivity index (χ4n) is 6.30. The number of rotatable bonds is 4. The zero-order chi connectivity index (χ0) is 24.0. The van der Waals surface area contributed by atoms with Crippen LogP contribution in [0.25, 0.3) is 0 Å². The number of methoxy groups -OCH3 is 1. The molecule has 4 fully saturated rings. The number of pyridine rings is 1. The molecule has 5 rings (SSSR count). The van der Waals surface area contributed by atoms with E-state index in [4.69, 9.17) is 15.2 Å². The van der Waals surface area contributed by atoms with Crippen molar-refractivity contribution in [1.29, 1.82) is 5.26 Å². The molecule has 10 heteroatoms. The number of carbonyl (C=O) groups is 3. The quantitative estimate of drug-likeness (QED) is 0.711. The Labute approximate surface area is 198 Å². The monoisotopic (exact) mass is 467 g/mol. The van der Waals surface area contributed by atoms with E-state index in [2.05, 4.69) is 11.1 Å². The van der Waals surface area contributed by atoms with Gasteiger partial charge in [-0.3, -0.25) is 14.6 Å². The molecule has 3 saturated heterocycles. The van der Waals surface area contributed by atoms with E-state index in [0.29, 0.717) is 25.1 Å². The number of ether oxygens (including phenoxy) is 2. The van der Waals surface area contributed by atoms with Gasteiger partial charge in [0.2, 0.25) is 5.91 Å². The number of amides is 3. The van der Waals surface area contributed by atoms with Gasteiger partial charge >= 0.3 is 6.09 Å². The highest BCUT2D eigenvalue weighted by Crippen LogP contribution is 2.58. The lowest BCUT2D eigenvalue weighted by molar-refractivity contribution is -0.150. The summed E-state index contributed by atoms with van der Waals surface area (Å²) in [6.45, 7) is 0.399. The van der Waals surface area contributed by atoms with Crippen LogP contribution >= 0.6 is 0 Å². The maximum Gasteiger partial charge on any atom is 0.405 e. The number of nitriles is 1. The molecular formula is C24H29N5O5. The molecule has 0 radical (unpaired) electrons. The molecule has 34 heavy (non-hydrogen) atoms. The summed E-state index contributed by atoms with van der Waals surface area (Å²) < 4.78 is 10.4. The Morgan fingerprint density at radius 3 is 2.71 bits per heavy atom. The van der Waals surface area contributed by atoms with Gasteiger partial charge in [0.1, 0.15) is 11.8 Å². The van der Waals surface area contributed by atoms with Gasteiger partial charge in [0.05, 0.1) is 30.8 Å². The Kier molecular flexibility index (Phi) is 5.58. The molecule has 1 saturated carbocycles. The fraction of sp³-hybridized carbons (Fsp3) is 0.625. The van der Waals surface area contributed by atoms with Crippen molar-refractivity contribution < 1.29 is 23.9 Å². The molecular weight excluding hydrogens is 438 g/mol. The number of likely N-dealkylation sites (tertiary alicyclic amines) is 1. The summed E-state index contributed by atoms with van der Waals surface area (Å²) >= 11 is 0. The second-order valence-electron chi connectivity index (χ2n) is 9.77. The lowest BCUT2D eigenvalue weighted by Gasteiger charge is -2.34. The van der Waals surface area contributed by atoms with Crippen LogP contribution in [0.3, 0.4) is 0 Å². The lowest BCUT2D eigenvalue weighted by Crippen LogP contribution is -2.54. The Balaban J connectivity index is 1.42. The largest absolute Gasteiger partial charge is 0.495 e. The second kappa shape index (κ2) is 8.46. The molecule has 1 aromatic heterocycles. The maximum atomic E-state index is 14.0. The van der Waals surface area contributed by atoms with E-state index in [1.807, 2.05) is 11.0 Å². The van der Waals surface area contributed by atoms with Gasteiger partial charge in [-0.2, -0.15) is 5.26 Å². The molecule has 1 aromatic rings. The Hall–Kier alpha value is -3.35. The molecule has 10 nitrogen and oxygen atoms in total. The molecule has 1 spiro atoms. The predicted octanol–water partition coefficient (Wildman–Crippen LogP) is 1.70. The van der Waals surface area contributed by atoms with Gasteiger partial charge < -0.3 is 25.0 Å². The topological polar surface area (TPSA) is 139 Å². The maximum absolute atomic E-state index is 14.0. The van der Waals surface area contributed by atoms with Gasteiger partial charge in [0.25, 0.3) is 5.91 Å². The van der Waals surface area contributed by atoms with Crippen molar-refractivity contribution >= 4 is 17.9 Å². The van der Waals surface area contributed by atoms with Gasteiger partial charge in [-0.05, 0) is 56.6 Å². The lowest BCUT2D eigenvalue weighted by atomic mass is 9.85. The minimum Gasteiger partial charge on any atom is -0.495 e. The van der Waals surface area contributed by atoms with Crippen molar-refractivity contribution in [3.8, 4) is 11.8 Å². The van der Waals surface area contributed by atoms with Crippen LogP contribution in [0.2, 0.25) is 0 Å². The van der Waals surface area contributed by atoms with Crippen molar-refractivity contribution in [3.63, 3.8) is 0 Å². The summed E-state index contributed by atoms with van der Waals surface area (Å²) in [6.07, 6.45) is 6.13. The Morgan fingerprint density at radius 2 is 2.03 bits per heavy atom. The smallest absolute Gasteiger partial charge is 0.405 e. The first-order valence-corrected chi connectivity index (χ1v) is 11.9. The zero-order valence-corrected chi connectivity index (χ0v) is 19.2. The van der Waals surface area contributed by atoms with Crippen LogP contribution < -0.4 is 10.5 Å². The summed E-state index contributed by atoms with van der Waals surface area (Å²) in [5.74, 6) is -0.383. The third-order valence-electron chi connectivity index (χ3n) is 8.04. The van der Waals surface area contributed by atoms with E-state index in [1.54, 1.807) is 24.4 Å². The number of nitrogens with zero attached hydrogens (tertiary/aromatic N) is 4. The van der Waals surface area contributed by atoms with Crippen LogP contribution in [-0.2, 0) is 14.3 Å². The summed E-state index contributed by atoms with van der Waals surface area (Å²) in [7, 11) is 1.57. The highest BCUT2D eigenvalue weighted by molar-refractivity contribution is 5.92. The predicted molar refractivity (Wildman–Crippen MR) is 118 cm³/mol. The van der Waals surface area contributed by atoms with Crippen molar-refractivity contribution in [2.75, 3.05) is 13.7 Å². The van der Waals surface area contributed by atoms with Crippen LogP contribution in [-0.4, -0.2) is 70.1 Å². The van der Waals surface area contributed by atoms with Crippen LogP contribution in [0.5, 0.6) is 5.75 Å². The average Bonchev–Trinajstić information content (AvgIpc) is 3.43. The minimum atomic E-state index is -0.984. The molecule has 4 heterocycles. The number of hydrogen-bond acceptors (Lipinski definition) is 7. The highest BCUT2D eigenvalue weighted by Gasteiger charge is 2.64.